The van der Waals surface area contributed by atoms with Crippen LogP contribution in [0.1, 0.15) is 52.4 Å². The van der Waals surface area contributed by atoms with Gasteiger partial charge in [0.2, 0.25) is 11.8 Å². The predicted molar refractivity (Wildman–Crippen MR) is 76.4 cm³/mol. The Kier molecular flexibility index (Phi) is 6.00. The van der Waals surface area contributed by atoms with Crippen LogP contribution in [-0.2, 0) is 9.59 Å². The number of rotatable bonds is 5. The second kappa shape index (κ2) is 7.28. The Morgan fingerprint density at radius 3 is 2.20 bits per heavy atom. The van der Waals surface area contributed by atoms with Crippen molar-refractivity contribution in [1.82, 2.24) is 4.90 Å². The first-order valence-electron chi connectivity index (χ1n) is 7.40. The largest absolute Gasteiger partial charge is 0.368 e. The van der Waals surface area contributed by atoms with Crippen LogP contribution >= 0.6 is 0 Å². The van der Waals surface area contributed by atoms with Gasteiger partial charge in [0.1, 0.15) is 5.41 Å². The third-order valence-electron chi connectivity index (χ3n) is 3.80. The van der Waals surface area contributed by atoms with E-state index in [2.05, 4.69) is 6.07 Å². The molecular formula is C15H25N3O2. The Bertz CT molecular complexity index is 390. The molecule has 0 aromatic heterocycles. The van der Waals surface area contributed by atoms with E-state index in [1.165, 1.54) is 4.90 Å². The number of carbonyl (C=O) groups excluding carboxylic acids is 2. The minimum atomic E-state index is -0.957. The summed E-state index contributed by atoms with van der Waals surface area (Å²) in [5.41, 5.74) is 4.28. The molecule has 2 N–H and O–H groups in total. The van der Waals surface area contributed by atoms with Crippen LogP contribution in [0.3, 0.4) is 0 Å². The van der Waals surface area contributed by atoms with Crippen LogP contribution < -0.4 is 5.73 Å². The van der Waals surface area contributed by atoms with Crippen molar-refractivity contribution in [1.29, 1.82) is 5.26 Å². The average Bonchev–Trinajstić information content (AvgIpc) is 2.62. The van der Waals surface area contributed by atoms with E-state index < -0.39 is 11.3 Å². The van der Waals surface area contributed by atoms with Gasteiger partial charge in [0.25, 0.3) is 0 Å². The molecule has 20 heavy (non-hydrogen) atoms. The summed E-state index contributed by atoms with van der Waals surface area (Å²) in [6.45, 7) is 4.33. The van der Waals surface area contributed by atoms with E-state index >= 15 is 0 Å². The summed E-state index contributed by atoms with van der Waals surface area (Å²) in [5.74, 6) is -0.505. The zero-order chi connectivity index (χ0) is 15.2. The molecule has 1 aliphatic carbocycles. The summed E-state index contributed by atoms with van der Waals surface area (Å²) in [6, 6.07) is 2.24. The van der Waals surface area contributed by atoms with Gasteiger partial charge in [0, 0.05) is 6.54 Å². The first-order valence-corrected chi connectivity index (χ1v) is 7.40. The standard InChI is InChI=1S/C15H25N3O2/c1-12(2)9-18(10-13(17)19)14(20)15(11-16)7-5-3-4-6-8-15/h12H,3-10H2,1-2H3,(H2,17,19). The lowest BCUT2D eigenvalue weighted by atomic mass is 9.80. The maximum absolute atomic E-state index is 12.8. The van der Waals surface area contributed by atoms with Gasteiger partial charge in [-0.05, 0) is 18.8 Å². The molecule has 1 rings (SSSR count). The highest BCUT2D eigenvalue weighted by Gasteiger charge is 2.42. The van der Waals surface area contributed by atoms with Crippen molar-refractivity contribution in [3.05, 3.63) is 0 Å². The highest BCUT2D eigenvalue weighted by molar-refractivity contribution is 5.89. The second-order valence-corrected chi connectivity index (χ2v) is 6.15. The smallest absolute Gasteiger partial charge is 0.243 e. The van der Waals surface area contributed by atoms with Gasteiger partial charge in [0.15, 0.2) is 0 Å². The highest BCUT2D eigenvalue weighted by atomic mass is 16.2. The molecule has 112 valence electrons. The number of amides is 2. The molecule has 0 saturated heterocycles. The molecule has 1 saturated carbocycles. The number of nitrogens with two attached hydrogens (primary N) is 1. The normalized spacial score (nSPS) is 18.1. The van der Waals surface area contributed by atoms with Crippen molar-refractivity contribution in [2.45, 2.75) is 52.4 Å². The van der Waals surface area contributed by atoms with E-state index in [9.17, 15) is 14.9 Å². The molecule has 0 bridgehead atoms. The summed E-state index contributed by atoms with van der Waals surface area (Å²) in [5, 5.41) is 9.54. The molecule has 1 fully saturated rings. The van der Waals surface area contributed by atoms with Gasteiger partial charge in [0.05, 0.1) is 12.6 Å². The molecule has 0 unspecified atom stereocenters. The summed E-state index contributed by atoms with van der Waals surface area (Å²) < 4.78 is 0. The van der Waals surface area contributed by atoms with Crippen LogP contribution in [0.25, 0.3) is 0 Å². The highest BCUT2D eigenvalue weighted by Crippen LogP contribution is 2.36. The molecule has 0 aromatic carbocycles. The quantitative estimate of drug-likeness (QED) is 0.779. The maximum atomic E-state index is 12.8. The number of nitrogens with zero attached hydrogens (tertiary/aromatic N) is 2. The molecule has 1 aliphatic rings. The van der Waals surface area contributed by atoms with Gasteiger partial charge >= 0.3 is 0 Å². The fraction of sp³-hybridized carbons (Fsp3) is 0.800. The van der Waals surface area contributed by atoms with Crippen molar-refractivity contribution >= 4 is 11.8 Å². The van der Waals surface area contributed by atoms with Crippen molar-refractivity contribution in [3.63, 3.8) is 0 Å². The Hall–Kier alpha value is -1.57. The Balaban J connectivity index is 2.94. The summed E-state index contributed by atoms with van der Waals surface area (Å²) in [7, 11) is 0. The van der Waals surface area contributed by atoms with E-state index in [-0.39, 0.29) is 18.4 Å². The Morgan fingerprint density at radius 2 is 1.80 bits per heavy atom. The van der Waals surface area contributed by atoms with Crippen LogP contribution in [0, 0.1) is 22.7 Å². The number of nitriles is 1. The van der Waals surface area contributed by atoms with Gasteiger partial charge in [-0.25, -0.2) is 0 Å². The van der Waals surface area contributed by atoms with Crippen LogP contribution in [-0.4, -0.2) is 29.8 Å². The van der Waals surface area contributed by atoms with Crippen LogP contribution in [0.2, 0.25) is 0 Å². The van der Waals surface area contributed by atoms with Crippen molar-refractivity contribution < 1.29 is 9.59 Å². The van der Waals surface area contributed by atoms with Gasteiger partial charge in [-0.3, -0.25) is 9.59 Å². The molecule has 0 aliphatic heterocycles. The molecule has 0 atom stereocenters. The van der Waals surface area contributed by atoms with Crippen LogP contribution in [0.15, 0.2) is 0 Å². The SMILES string of the molecule is CC(C)CN(CC(N)=O)C(=O)C1(C#N)CCCCCC1. The minimum Gasteiger partial charge on any atom is -0.368 e. The van der Waals surface area contributed by atoms with E-state index in [1.54, 1.807) is 0 Å². The average molecular weight is 279 g/mol. The topological polar surface area (TPSA) is 87.2 Å². The van der Waals surface area contributed by atoms with Crippen molar-refractivity contribution in [3.8, 4) is 6.07 Å². The zero-order valence-corrected chi connectivity index (χ0v) is 12.5. The summed E-state index contributed by atoms with van der Waals surface area (Å²) in [6.07, 6.45) is 5.11. The number of hydrogen-bond acceptors (Lipinski definition) is 3. The lowest BCUT2D eigenvalue weighted by molar-refractivity contribution is -0.143. The van der Waals surface area contributed by atoms with Crippen LogP contribution in [0.4, 0.5) is 0 Å². The molecule has 5 heteroatoms. The molecular weight excluding hydrogens is 254 g/mol. The Morgan fingerprint density at radius 1 is 1.25 bits per heavy atom. The lowest BCUT2D eigenvalue weighted by Crippen LogP contribution is -2.48. The maximum Gasteiger partial charge on any atom is 0.243 e. The third kappa shape index (κ3) is 4.22. The van der Waals surface area contributed by atoms with Gasteiger partial charge in [-0.2, -0.15) is 5.26 Å². The second-order valence-electron chi connectivity index (χ2n) is 6.15. The van der Waals surface area contributed by atoms with Crippen molar-refractivity contribution in [2.75, 3.05) is 13.1 Å². The first kappa shape index (κ1) is 16.5. The lowest BCUT2D eigenvalue weighted by Gasteiger charge is -2.32. The van der Waals surface area contributed by atoms with Gasteiger partial charge in [-0.1, -0.05) is 39.5 Å². The Labute approximate surface area is 121 Å². The minimum absolute atomic E-state index is 0.0968. The van der Waals surface area contributed by atoms with E-state index in [0.717, 1.165) is 25.7 Å². The van der Waals surface area contributed by atoms with Crippen LogP contribution in [0.5, 0.6) is 0 Å². The summed E-state index contributed by atoms with van der Waals surface area (Å²) >= 11 is 0. The molecule has 5 nitrogen and oxygen atoms in total. The van der Waals surface area contributed by atoms with E-state index in [0.29, 0.717) is 19.4 Å². The molecule has 0 aromatic rings. The summed E-state index contributed by atoms with van der Waals surface area (Å²) in [4.78, 5) is 25.4. The molecule has 0 radical (unpaired) electrons. The number of hydrogen-bond donors (Lipinski definition) is 1. The molecule has 2 amide bonds. The number of carbonyl (C=O) groups is 2. The fourth-order valence-electron chi connectivity index (χ4n) is 2.86. The van der Waals surface area contributed by atoms with Gasteiger partial charge in [-0.15, -0.1) is 0 Å². The van der Waals surface area contributed by atoms with E-state index in [1.807, 2.05) is 13.8 Å². The van der Waals surface area contributed by atoms with Crippen molar-refractivity contribution in [2.24, 2.45) is 17.1 Å². The van der Waals surface area contributed by atoms with E-state index in [4.69, 9.17) is 5.73 Å². The third-order valence-corrected chi connectivity index (χ3v) is 3.80. The molecule has 0 spiro atoms. The number of primary amides is 1. The molecule has 0 heterocycles. The fourth-order valence-corrected chi connectivity index (χ4v) is 2.86. The monoisotopic (exact) mass is 279 g/mol. The first-order chi connectivity index (χ1) is 9.41. The van der Waals surface area contributed by atoms with Gasteiger partial charge < -0.3 is 10.6 Å². The zero-order valence-electron chi connectivity index (χ0n) is 12.5. The predicted octanol–water partition coefficient (Wildman–Crippen LogP) is 1.82.